The van der Waals surface area contributed by atoms with Crippen LogP contribution in [0.2, 0.25) is 0 Å². The Morgan fingerprint density at radius 1 is 1.35 bits per heavy atom. The number of hydroxylamine groups is 1. The van der Waals surface area contributed by atoms with Gasteiger partial charge in [-0.15, -0.1) is 0 Å². The molecule has 20 heavy (non-hydrogen) atoms. The largest absolute Gasteiger partial charge is 0.482 e. The molecule has 0 bridgehead atoms. The van der Waals surface area contributed by atoms with Crippen LogP contribution >= 0.6 is 0 Å². The maximum Gasteiger partial charge on any atom is 0.274 e. The fourth-order valence-corrected chi connectivity index (χ4v) is 2.43. The van der Waals surface area contributed by atoms with Gasteiger partial charge >= 0.3 is 0 Å². The molecule has 1 heterocycles. The Morgan fingerprint density at radius 3 is 2.95 bits per heavy atom. The van der Waals surface area contributed by atoms with Crippen LogP contribution in [0.5, 0.6) is 5.75 Å². The van der Waals surface area contributed by atoms with Crippen LogP contribution in [-0.2, 0) is 9.63 Å². The van der Waals surface area contributed by atoms with Crippen LogP contribution in [0, 0.1) is 0 Å². The normalized spacial score (nSPS) is 18.1. The Labute approximate surface area is 116 Å². The van der Waals surface area contributed by atoms with E-state index in [-0.39, 0.29) is 24.5 Å². The molecule has 6 heteroatoms. The van der Waals surface area contributed by atoms with Gasteiger partial charge in [-0.3, -0.25) is 14.4 Å². The Hall–Kier alpha value is -2.08. The summed E-state index contributed by atoms with van der Waals surface area (Å²) in [4.78, 5) is 28.6. The highest BCUT2D eigenvalue weighted by Crippen LogP contribution is 2.28. The van der Waals surface area contributed by atoms with E-state index in [4.69, 9.17) is 9.57 Å². The Kier molecular flexibility index (Phi) is 3.56. The molecular formula is C14H16N2O4. The van der Waals surface area contributed by atoms with Crippen LogP contribution in [0.3, 0.4) is 0 Å². The number of nitrogens with one attached hydrogen (secondary N) is 2. The molecule has 2 aliphatic rings. The molecule has 6 nitrogen and oxygen atoms in total. The number of amides is 2. The number of hydrogen-bond donors (Lipinski definition) is 2. The van der Waals surface area contributed by atoms with Gasteiger partial charge in [0.1, 0.15) is 5.75 Å². The molecule has 1 aliphatic carbocycles. The Morgan fingerprint density at radius 2 is 2.15 bits per heavy atom. The molecular weight excluding hydrogens is 260 g/mol. The highest BCUT2D eigenvalue weighted by atomic mass is 16.7. The second-order valence-electron chi connectivity index (χ2n) is 5.00. The van der Waals surface area contributed by atoms with Crippen molar-refractivity contribution in [3.63, 3.8) is 0 Å². The molecule has 3 rings (SSSR count). The van der Waals surface area contributed by atoms with Crippen LogP contribution in [0.4, 0.5) is 5.69 Å². The summed E-state index contributed by atoms with van der Waals surface area (Å²) in [5.41, 5.74) is 3.40. The summed E-state index contributed by atoms with van der Waals surface area (Å²) in [7, 11) is 0. The zero-order valence-electron chi connectivity index (χ0n) is 11.0. The maximum absolute atomic E-state index is 12.0. The first kappa shape index (κ1) is 12.9. The van der Waals surface area contributed by atoms with Gasteiger partial charge in [0, 0.05) is 5.56 Å². The van der Waals surface area contributed by atoms with Crippen molar-refractivity contribution in [3.05, 3.63) is 23.8 Å². The van der Waals surface area contributed by atoms with E-state index in [1.165, 1.54) is 0 Å². The fraction of sp³-hybridized carbons (Fsp3) is 0.429. The Bertz CT molecular complexity index is 538. The summed E-state index contributed by atoms with van der Waals surface area (Å²) in [6.07, 6.45) is 4.36. The number of rotatable bonds is 3. The van der Waals surface area contributed by atoms with Crippen LogP contribution in [0.25, 0.3) is 0 Å². The van der Waals surface area contributed by atoms with E-state index in [1.54, 1.807) is 18.2 Å². The fourth-order valence-electron chi connectivity index (χ4n) is 2.43. The number of fused-ring (bicyclic) bond motifs is 1. The van der Waals surface area contributed by atoms with Crippen molar-refractivity contribution >= 4 is 17.5 Å². The smallest absolute Gasteiger partial charge is 0.274 e. The lowest BCUT2D eigenvalue weighted by Gasteiger charge is -2.18. The van der Waals surface area contributed by atoms with Gasteiger partial charge in [0.15, 0.2) is 6.61 Å². The van der Waals surface area contributed by atoms with Crippen molar-refractivity contribution in [2.45, 2.75) is 31.8 Å². The summed E-state index contributed by atoms with van der Waals surface area (Å²) in [6, 6.07) is 4.89. The van der Waals surface area contributed by atoms with E-state index in [1.807, 2.05) is 0 Å². The summed E-state index contributed by atoms with van der Waals surface area (Å²) in [5, 5.41) is 2.67. The third-order valence-electron chi connectivity index (χ3n) is 3.50. The van der Waals surface area contributed by atoms with Crippen molar-refractivity contribution in [1.29, 1.82) is 0 Å². The van der Waals surface area contributed by atoms with Gasteiger partial charge in [-0.2, -0.15) is 0 Å². The average molecular weight is 276 g/mol. The first-order valence-electron chi connectivity index (χ1n) is 6.75. The quantitative estimate of drug-likeness (QED) is 0.822. The van der Waals surface area contributed by atoms with Gasteiger partial charge in [-0.05, 0) is 31.0 Å². The predicted octanol–water partition coefficient (Wildman–Crippen LogP) is 1.62. The molecule has 0 unspecified atom stereocenters. The number of ether oxygens (including phenoxy) is 1. The average Bonchev–Trinajstić information content (AvgIpc) is 2.97. The number of benzene rings is 1. The molecule has 1 aliphatic heterocycles. The molecule has 2 amide bonds. The molecule has 1 aromatic rings. The zero-order chi connectivity index (χ0) is 13.9. The minimum atomic E-state index is -0.320. The lowest BCUT2D eigenvalue weighted by atomic mass is 10.1. The summed E-state index contributed by atoms with van der Waals surface area (Å²) >= 11 is 0. The van der Waals surface area contributed by atoms with Gasteiger partial charge in [0.2, 0.25) is 0 Å². The Balaban J connectivity index is 1.65. The van der Waals surface area contributed by atoms with E-state index < -0.39 is 0 Å². The van der Waals surface area contributed by atoms with Crippen molar-refractivity contribution in [2.75, 3.05) is 11.9 Å². The summed E-state index contributed by atoms with van der Waals surface area (Å²) < 4.78 is 5.24. The van der Waals surface area contributed by atoms with E-state index in [0.29, 0.717) is 17.0 Å². The van der Waals surface area contributed by atoms with Crippen LogP contribution in [-0.4, -0.2) is 24.5 Å². The topological polar surface area (TPSA) is 76.7 Å². The minimum absolute atomic E-state index is 0.00331. The lowest BCUT2D eigenvalue weighted by Crippen LogP contribution is -2.29. The monoisotopic (exact) mass is 276 g/mol. The molecule has 106 valence electrons. The van der Waals surface area contributed by atoms with Crippen LogP contribution in [0.15, 0.2) is 18.2 Å². The molecule has 1 fully saturated rings. The molecule has 0 spiro atoms. The number of carbonyl (C=O) groups is 2. The minimum Gasteiger partial charge on any atom is -0.482 e. The number of anilines is 1. The van der Waals surface area contributed by atoms with Gasteiger partial charge in [0.25, 0.3) is 11.8 Å². The zero-order valence-corrected chi connectivity index (χ0v) is 11.0. The maximum atomic E-state index is 12.0. The summed E-state index contributed by atoms with van der Waals surface area (Å²) in [6.45, 7) is 0.00331. The number of carbonyl (C=O) groups excluding carboxylic acids is 2. The van der Waals surface area contributed by atoms with E-state index in [0.717, 1.165) is 25.7 Å². The van der Waals surface area contributed by atoms with Crippen molar-refractivity contribution in [1.82, 2.24) is 5.48 Å². The van der Waals surface area contributed by atoms with Crippen molar-refractivity contribution in [3.8, 4) is 5.75 Å². The van der Waals surface area contributed by atoms with E-state index in [2.05, 4.69) is 10.8 Å². The SMILES string of the molecule is O=C1COc2ccc(C(=O)NOC3CCCC3)cc2N1. The van der Waals surface area contributed by atoms with E-state index in [9.17, 15) is 9.59 Å². The molecule has 0 radical (unpaired) electrons. The predicted molar refractivity (Wildman–Crippen MR) is 71.4 cm³/mol. The third-order valence-corrected chi connectivity index (χ3v) is 3.50. The van der Waals surface area contributed by atoms with Gasteiger partial charge < -0.3 is 10.1 Å². The summed E-state index contributed by atoms with van der Waals surface area (Å²) in [5.74, 6) is 0.0228. The van der Waals surface area contributed by atoms with Crippen molar-refractivity contribution < 1.29 is 19.2 Å². The molecule has 0 atom stereocenters. The molecule has 2 N–H and O–H groups in total. The second-order valence-corrected chi connectivity index (χ2v) is 5.00. The molecule has 0 aromatic heterocycles. The number of hydrogen-bond acceptors (Lipinski definition) is 4. The first-order valence-corrected chi connectivity index (χ1v) is 6.75. The standard InChI is InChI=1S/C14H16N2O4/c17-13-8-19-12-6-5-9(7-11(12)15-13)14(18)16-20-10-3-1-2-4-10/h5-7,10H,1-4,8H2,(H,15,17)(H,16,18). The molecule has 1 saturated carbocycles. The molecule has 1 aromatic carbocycles. The second kappa shape index (κ2) is 5.50. The van der Waals surface area contributed by atoms with Crippen molar-refractivity contribution in [2.24, 2.45) is 0 Å². The van der Waals surface area contributed by atoms with Gasteiger partial charge in [-0.1, -0.05) is 12.8 Å². The van der Waals surface area contributed by atoms with Gasteiger partial charge in [-0.25, -0.2) is 5.48 Å². The first-order chi connectivity index (χ1) is 9.72. The lowest BCUT2D eigenvalue weighted by molar-refractivity contribution is -0.118. The molecule has 0 saturated heterocycles. The third kappa shape index (κ3) is 2.75. The van der Waals surface area contributed by atoms with E-state index >= 15 is 0 Å². The van der Waals surface area contributed by atoms with Crippen LogP contribution in [0.1, 0.15) is 36.0 Å². The highest BCUT2D eigenvalue weighted by Gasteiger charge is 2.20. The van der Waals surface area contributed by atoms with Crippen LogP contribution < -0.4 is 15.5 Å². The highest BCUT2D eigenvalue weighted by molar-refractivity contribution is 5.99. The van der Waals surface area contributed by atoms with Gasteiger partial charge in [0.05, 0.1) is 11.8 Å².